The minimum atomic E-state index is -4.37. The molecule has 1 saturated carbocycles. The maximum absolute atomic E-state index is 12.8. The van der Waals surface area contributed by atoms with Gasteiger partial charge in [0.15, 0.2) is 0 Å². The first kappa shape index (κ1) is 12.3. The fourth-order valence-electron chi connectivity index (χ4n) is 2.45. The van der Waals surface area contributed by atoms with Gasteiger partial charge in [-0.15, -0.1) is 0 Å². The maximum atomic E-state index is 12.8. The van der Waals surface area contributed by atoms with Gasteiger partial charge >= 0.3 is 6.18 Å². The summed E-state index contributed by atoms with van der Waals surface area (Å²) in [6, 6.07) is 7.19. The van der Waals surface area contributed by atoms with Gasteiger partial charge in [-0.25, -0.2) is 0 Å². The summed E-state index contributed by atoms with van der Waals surface area (Å²) in [7, 11) is 0. The second-order valence-electron chi connectivity index (χ2n) is 5.09. The molecular formula is C13H13F3N2O. The van der Waals surface area contributed by atoms with Crippen LogP contribution in [0.5, 0.6) is 0 Å². The Kier molecular flexibility index (Phi) is 2.52. The Morgan fingerprint density at radius 2 is 2.00 bits per heavy atom. The molecule has 102 valence electrons. The molecule has 1 amide bonds. The molecule has 0 saturated heterocycles. The summed E-state index contributed by atoms with van der Waals surface area (Å²) in [5, 5.41) is 5.22. The number of fused-ring (bicyclic) bond motifs is 1. The third kappa shape index (κ3) is 1.95. The molecule has 3 nitrogen and oxygen atoms in total. The van der Waals surface area contributed by atoms with Crippen LogP contribution in [-0.4, -0.2) is 24.2 Å². The predicted molar refractivity (Wildman–Crippen MR) is 63.8 cm³/mol. The quantitative estimate of drug-likeness (QED) is 0.866. The number of para-hydroxylation sites is 1. The number of halogens is 3. The van der Waals surface area contributed by atoms with Crippen molar-refractivity contribution < 1.29 is 18.0 Å². The molecule has 0 bridgehead atoms. The second kappa shape index (κ2) is 3.88. The van der Waals surface area contributed by atoms with Crippen molar-refractivity contribution in [2.24, 2.45) is 0 Å². The van der Waals surface area contributed by atoms with Crippen LogP contribution < -0.4 is 10.6 Å². The van der Waals surface area contributed by atoms with Crippen LogP contribution in [0.1, 0.15) is 24.3 Å². The molecule has 0 aromatic heterocycles. The van der Waals surface area contributed by atoms with Crippen LogP contribution in [0.25, 0.3) is 0 Å². The van der Waals surface area contributed by atoms with Gasteiger partial charge in [-0.2, -0.15) is 13.2 Å². The standard InChI is InChI=1S/C13H13F3N2O/c14-13(15,16)12(5-6-12)18-11(19)9-7-17-10-4-2-1-3-8(9)10/h1-4,9,17H,5-7H2,(H,18,19). The Bertz CT molecular complexity index is 523. The normalized spacial score (nSPS) is 23.4. The number of nitrogens with one attached hydrogen (secondary N) is 2. The van der Waals surface area contributed by atoms with Crippen molar-refractivity contribution in [3.8, 4) is 0 Å². The first-order valence-electron chi connectivity index (χ1n) is 6.14. The lowest BCUT2D eigenvalue weighted by Crippen LogP contribution is -2.49. The smallest absolute Gasteiger partial charge is 0.384 e. The van der Waals surface area contributed by atoms with Crippen LogP contribution in [0.3, 0.4) is 0 Å². The molecule has 1 heterocycles. The van der Waals surface area contributed by atoms with Gasteiger partial charge in [-0.05, 0) is 24.5 Å². The van der Waals surface area contributed by atoms with Gasteiger partial charge in [0.05, 0.1) is 5.92 Å². The molecule has 1 aromatic rings. The number of carbonyl (C=O) groups is 1. The van der Waals surface area contributed by atoms with Gasteiger partial charge in [0.2, 0.25) is 5.91 Å². The van der Waals surface area contributed by atoms with E-state index in [1.54, 1.807) is 12.1 Å². The summed E-state index contributed by atoms with van der Waals surface area (Å²) in [4.78, 5) is 12.1. The Morgan fingerprint density at radius 3 is 2.63 bits per heavy atom. The van der Waals surface area contributed by atoms with Crippen LogP contribution in [0.2, 0.25) is 0 Å². The molecule has 1 aliphatic heterocycles. The van der Waals surface area contributed by atoms with E-state index in [0.717, 1.165) is 11.3 Å². The largest absolute Gasteiger partial charge is 0.411 e. The molecule has 2 aliphatic rings. The zero-order valence-electron chi connectivity index (χ0n) is 10.1. The van der Waals surface area contributed by atoms with Crippen molar-refractivity contribution in [3.63, 3.8) is 0 Å². The monoisotopic (exact) mass is 270 g/mol. The van der Waals surface area contributed by atoms with E-state index in [4.69, 9.17) is 0 Å². The van der Waals surface area contributed by atoms with Gasteiger partial charge in [0.25, 0.3) is 0 Å². The summed E-state index contributed by atoms with van der Waals surface area (Å²) >= 11 is 0. The third-order valence-electron chi connectivity index (χ3n) is 3.80. The minimum absolute atomic E-state index is 0.0238. The number of carbonyl (C=O) groups excluding carboxylic acids is 1. The fourth-order valence-corrected chi connectivity index (χ4v) is 2.45. The van der Waals surface area contributed by atoms with Crippen molar-refractivity contribution in [1.82, 2.24) is 5.32 Å². The van der Waals surface area contributed by atoms with Gasteiger partial charge in [-0.3, -0.25) is 4.79 Å². The van der Waals surface area contributed by atoms with Crippen molar-refractivity contribution in [3.05, 3.63) is 29.8 Å². The van der Waals surface area contributed by atoms with Crippen LogP contribution >= 0.6 is 0 Å². The summed E-state index contributed by atoms with van der Waals surface area (Å²) < 4.78 is 38.4. The number of hydrogen-bond donors (Lipinski definition) is 2. The van der Waals surface area contributed by atoms with Crippen molar-refractivity contribution in [2.75, 3.05) is 11.9 Å². The summed E-state index contributed by atoms with van der Waals surface area (Å²) in [5.41, 5.74) is -0.404. The fraction of sp³-hybridized carbons (Fsp3) is 0.462. The number of anilines is 1. The molecule has 3 rings (SSSR count). The van der Waals surface area contributed by atoms with Crippen LogP contribution in [-0.2, 0) is 4.79 Å². The SMILES string of the molecule is O=C(NC1(C(F)(F)F)CC1)C1CNc2ccccc21. The lowest BCUT2D eigenvalue weighted by molar-refractivity contribution is -0.170. The van der Waals surface area contributed by atoms with Gasteiger partial charge in [0, 0.05) is 12.2 Å². The Balaban J connectivity index is 1.77. The third-order valence-corrected chi connectivity index (χ3v) is 3.80. The predicted octanol–water partition coefficient (Wildman–Crippen LogP) is 2.41. The molecule has 6 heteroatoms. The summed E-state index contributed by atoms with van der Waals surface area (Å²) in [6.45, 7) is 0.346. The zero-order chi connectivity index (χ0) is 13.7. The Hall–Kier alpha value is -1.72. The zero-order valence-corrected chi connectivity index (χ0v) is 10.1. The van der Waals surface area contributed by atoms with E-state index in [-0.39, 0.29) is 12.8 Å². The molecule has 1 aliphatic carbocycles. The van der Waals surface area contributed by atoms with Crippen LogP contribution in [0.15, 0.2) is 24.3 Å². The van der Waals surface area contributed by atoms with Crippen molar-refractivity contribution >= 4 is 11.6 Å². The molecule has 0 radical (unpaired) electrons. The van der Waals surface area contributed by atoms with Crippen LogP contribution in [0.4, 0.5) is 18.9 Å². The highest BCUT2D eigenvalue weighted by Crippen LogP contribution is 2.49. The molecular weight excluding hydrogens is 257 g/mol. The molecule has 1 unspecified atom stereocenters. The van der Waals surface area contributed by atoms with Crippen LogP contribution in [0, 0.1) is 0 Å². The lowest BCUT2D eigenvalue weighted by atomic mass is 10.00. The van der Waals surface area contributed by atoms with E-state index in [9.17, 15) is 18.0 Å². The van der Waals surface area contributed by atoms with E-state index in [1.807, 2.05) is 12.1 Å². The number of rotatable bonds is 2. The molecule has 19 heavy (non-hydrogen) atoms. The van der Waals surface area contributed by atoms with Gasteiger partial charge in [-0.1, -0.05) is 18.2 Å². The number of hydrogen-bond acceptors (Lipinski definition) is 2. The van der Waals surface area contributed by atoms with Crippen molar-refractivity contribution in [2.45, 2.75) is 30.5 Å². The van der Waals surface area contributed by atoms with Gasteiger partial charge < -0.3 is 10.6 Å². The molecule has 1 aromatic carbocycles. The Labute approximate surface area is 108 Å². The number of benzene rings is 1. The highest BCUT2D eigenvalue weighted by atomic mass is 19.4. The molecule has 0 spiro atoms. The highest BCUT2D eigenvalue weighted by Gasteiger charge is 2.64. The van der Waals surface area contributed by atoms with E-state index in [0.29, 0.717) is 6.54 Å². The lowest BCUT2D eigenvalue weighted by Gasteiger charge is -2.22. The molecule has 1 fully saturated rings. The van der Waals surface area contributed by atoms with E-state index in [1.165, 1.54) is 0 Å². The summed E-state index contributed by atoms with van der Waals surface area (Å²) in [5.74, 6) is -1.09. The average Bonchev–Trinajstić information content (AvgIpc) is 3.01. The molecule has 1 atom stereocenters. The number of amides is 1. The Morgan fingerprint density at radius 1 is 1.32 bits per heavy atom. The highest BCUT2D eigenvalue weighted by molar-refractivity contribution is 5.89. The second-order valence-corrected chi connectivity index (χ2v) is 5.09. The first-order valence-corrected chi connectivity index (χ1v) is 6.14. The van der Waals surface area contributed by atoms with E-state index < -0.39 is 23.5 Å². The maximum Gasteiger partial charge on any atom is 0.411 e. The first-order chi connectivity index (χ1) is 8.93. The average molecular weight is 270 g/mol. The summed E-state index contributed by atoms with van der Waals surface area (Å²) in [6.07, 6.45) is -4.41. The van der Waals surface area contributed by atoms with Gasteiger partial charge in [0.1, 0.15) is 5.54 Å². The topological polar surface area (TPSA) is 41.1 Å². The minimum Gasteiger partial charge on any atom is -0.384 e. The van der Waals surface area contributed by atoms with Crippen molar-refractivity contribution in [1.29, 1.82) is 0 Å². The molecule has 2 N–H and O–H groups in total. The number of alkyl halides is 3. The van der Waals surface area contributed by atoms with E-state index in [2.05, 4.69) is 10.6 Å². The van der Waals surface area contributed by atoms with E-state index >= 15 is 0 Å².